The molecule has 1 saturated heterocycles. The van der Waals surface area contributed by atoms with E-state index in [4.69, 9.17) is 9.47 Å². The van der Waals surface area contributed by atoms with Crippen LogP contribution in [0.15, 0.2) is 0 Å². The predicted molar refractivity (Wildman–Crippen MR) is 77.2 cm³/mol. The summed E-state index contributed by atoms with van der Waals surface area (Å²) in [6, 6.07) is 0.335. The zero-order chi connectivity index (χ0) is 14.4. The summed E-state index contributed by atoms with van der Waals surface area (Å²) < 4.78 is 11.0. The molecular formula is C13H23N5O2. The number of aromatic nitrogens is 3. The second-order valence-corrected chi connectivity index (χ2v) is 5.15. The second kappa shape index (κ2) is 7.23. The molecular weight excluding hydrogens is 258 g/mol. The molecule has 1 aliphatic rings. The molecule has 7 heteroatoms. The Morgan fingerprint density at radius 3 is 2.75 bits per heavy atom. The molecule has 1 fully saturated rings. The zero-order valence-electron chi connectivity index (χ0n) is 12.3. The largest absolute Gasteiger partial charge is 0.461 e. The van der Waals surface area contributed by atoms with Crippen molar-refractivity contribution in [2.75, 3.05) is 37.4 Å². The highest BCUT2D eigenvalue weighted by Crippen LogP contribution is 2.16. The van der Waals surface area contributed by atoms with Gasteiger partial charge in [0.05, 0.1) is 12.7 Å². The zero-order valence-corrected chi connectivity index (χ0v) is 12.3. The number of rotatable bonds is 6. The van der Waals surface area contributed by atoms with Gasteiger partial charge in [-0.1, -0.05) is 0 Å². The summed E-state index contributed by atoms with van der Waals surface area (Å²) in [5.41, 5.74) is 0. The molecule has 2 rings (SSSR count). The van der Waals surface area contributed by atoms with Crippen LogP contribution in [-0.4, -0.2) is 47.9 Å². The van der Waals surface area contributed by atoms with Gasteiger partial charge in [0.25, 0.3) is 0 Å². The first-order valence-electron chi connectivity index (χ1n) is 7.09. The van der Waals surface area contributed by atoms with E-state index in [1.54, 1.807) is 7.05 Å². The first-order valence-corrected chi connectivity index (χ1v) is 7.09. The first kappa shape index (κ1) is 14.8. The minimum atomic E-state index is 0.0294. The van der Waals surface area contributed by atoms with E-state index in [-0.39, 0.29) is 6.10 Å². The summed E-state index contributed by atoms with van der Waals surface area (Å²) in [6.45, 7) is 6.35. The predicted octanol–water partition coefficient (Wildman–Crippen LogP) is 1.54. The van der Waals surface area contributed by atoms with Crippen molar-refractivity contribution in [3.63, 3.8) is 0 Å². The van der Waals surface area contributed by atoms with E-state index in [2.05, 4.69) is 25.6 Å². The number of anilines is 2. The van der Waals surface area contributed by atoms with Gasteiger partial charge in [-0.3, -0.25) is 0 Å². The number of ether oxygens (including phenoxy) is 2. The van der Waals surface area contributed by atoms with E-state index in [0.717, 1.165) is 26.2 Å². The summed E-state index contributed by atoms with van der Waals surface area (Å²) in [5.74, 6) is 1.54. The van der Waals surface area contributed by atoms with Gasteiger partial charge < -0.3 is 20.1 Å². The van der Waals surface area contributed by atoms with E-state index < -0.39 is 0 Å². The van der Waals surface area contributed by atoms with E-state index >= 15 is 0 Å². The average molecular weight is 281 g/mol. The first-order chi connectivity index (χ1) is 9.67. The molecule has 1 aliphatic heterocycles. The average Bonchev–Trinajstić information content (AvgIpc) is 2.45. The molecule has 0 bridgehead atoms. The van der Waals surface area contributed by atoms with Gasteiger partial charge in [0.1, 0.15) is 0 Å². The lowest BCUT2D eigenvalue weighted by Gasteiger charge is -2.22. The van der Waals surface area contributed by atoms with Crippen LogP contribution < -0.4 is 15.4 Å². The number of nitrogens with one attached hydrogen (secondary N) is 2. The molecule has 1 unspecified atom stereocenters. The molecule has 0 amide bonds. The third kappa shape index (κ3) is 4.48. The number of nitrogens with zero attached hydrogens (tertiary/aromatic N) is 3. The van der Waals surface area contributed by atoms with Crippen molar-refractivity contribution in [1.82, 2.24) is 15.0 Å². The quantitative estimate of drug-likeness (QED) is 0.818. The van der Waals surface area contributed by atoms with Crippen LogP contribution in [0.5, 0.6) is 6.01 Å². The maximum absolute atomic E-state index is 5.52. The summed E-state index contributed by atoms with van der Waals surface area (Å²) in [6.07, 6.45) is 2.32. The lowest BCUT2D eigenvalue weighted by Crippen LogP contribution is -2.25. The standard InChI is InChI=1S/C13H23N5O2/c1-9(2)20-13-17-11(14-3)16-12(18-13)15-7-10-5-4-6-19-8-10/h9-10H,4-8H2,1-3H3,(H2,14,15,16,17,18). The van der Waals surface area contributed by atoms with E-state index in [9.17, 15) is 0 Å². The van der Waals surface area contributed by atoms with Gasteiger partial charge >= 0.3 is 6.01 Å². The van der Waals surface area contributed by atoms with Crippen molar-refractivity contribution >= 4 is 11.9 Å². The van der Waals surface area contributed by atoms with Crippen LogP contribution in [-0.2, 0) is 4.74 Å². The molecule has 20 heavy (non-hydrogen) atoms. The Morgan fingerprint density at radius 1 is 1.30 bits per heavy atom. The van der Waals surface area contributed by atoms with E-state index in [1.807, 2.05) is 13.8 Å². The van der Waals surface area contributed by atoms with Gasteiger partial charge in [0.2, 0.25) is 11.9 Å². The van der Waals surface area contributed by atoms with Crippen molar-refractivity contribution in [2.24, 2.45) is 5.92 Å². The van der Waals surface area contributed by atoms with Crippen molar-refractivity contribution in [1.29, 1.82) is 0 Å². The topological polar surface area (TPSA) is 81.2 Å². The Bertz CT molecular complexity index is 421. The van der Waals surface area contributed by atoms with Crippen molar-refractivity contribution in [2.45, 2.75) is 32.8 Å². The minimum Gasteiger partial charge on any atom is -0.461 e. The fraction of sp³-hybridized carbons (Fsp3) is 0.769. The maximum atomic E-state index is 5.52. The van der Waals surface area contributed by atoms with Crippen LogP contribution in [0, 0.1) is 5.92 Å². The van der Waals surface area contributed by atoms with Crippen LogP contribution >= 0.6 is 0 Å². The Kier molecular flexibility index (Phi) is 5.34. The molecule has 7 nitrogen and oxygen atoms in total. The van der Waals surface area contributed by atoms with Gasteiger partial charge in [-0.25, -0.2) is 0 Å². The molecule has 1 aromatic heterocycles. The van der Waals surface area contributed by atoms with Gasteiger partial charge in [0, 0.05) is 20.2 Å². The highest BCUT2D eigenvalue weighted by Gasteiger charge is 2.15. The van der Waals surface area contributed by atoms with Crippen molar-refractivity contribution in [3.05, 3.63) is 0 Å². The third-order valence-corrected chi connectivity index (χ3v) is 2.98. The molecule has 0 saturated carbocycles. The number of hydrogen-bond donors (Lipinski definition) is 2. The van der Waals surface area contributed by atoms with Gasteiger partial charge in [-0.05, 0) is 32.6 Å². The molecule has 1 atom stereocenters. The van der Waals surface area contributed by atoms with E-state index in [1.165, 1.54) is 6.42 Å². The fourth-order valence-electron chi connectivity index (χ4n) is 2.01. The van der Waals surface area contributed by atoms with Crippen molar-refractivity contribution < 1.29 is 9.47 Å². The van der Waals surface area contributed by atoms with Crippen LogP contribution in [0.2, 0.25) is 0 Å². The third-order valence-electron chi connectivity index (χ3n) is 2.98. The Hall–Kier alpha value is -1.63. The van der Waals surface area contributed by atoms with Gasteiger partial charge in [0.15, 0.2) is 0 Å². The molecule has 0 spiro atoms. The molecule has 1 aromatic rings. The summed E-state index contributed by atoms with van der Waals surface area (Å²) in [5, 5.41) is 6.15. The highest BCUT2D eigenvalue weighted by molar-refractivity contribution is 5.35. The summed E-state index contributed by atoms with van der Waals surface area (Å²) in [4.78, 5) is 12.7. The number of hydrogen-bond acceptors (Lipinski definition) is 7. The summed E-state index contributed by atoms with van der Waals surface area (Å²) in [7, 11) is 1.77. The molecule has 112 valence electrons. The molecule has 0 radical (unpaired) electrons. The van der Waals surface area contributed by atoms with E-state index in [0.29, 0.717) is 23.8 Å². The Morgan fingerprint density at radius 2 is 2.10 bits per heavy atom. The SMILES string of the molecule is CNc1nc(NCC2CCCOC2)nc(OC(C)C)n1. The Balaban J connectivity index is 1.98. The molecule has 0 aliphatic carbocycles. The molecule has 2 N–H and O–H groups in total. The van der Waals surface area contributed by atoms with Crippen LogP contribution in [0.3, 0.4) is 0 Å². The Labute approximate surface area is 119 Å². The van der Waals surface area contributed by atoms with Crippen molar-refractivity contribution in [3.8, 4) is 6.01 Å². The van der Waals surface area contributed by atoms with Crippen LogP contribution in [0.1, 0.15) is 26.7 Å². The fourth-order valence-corrected chi connectivity index (χ4v) is 2.01. The summed E-state index contributed by atoms with van der Waals surface area (Å²) >= 11 is 0. The normalized spacial score (nSPS) is 18.9. The monoisotopic (exact) mass is 281 g/mol. The minimum absolute atomic E-state index is 0.0294. The lowest BCUT2D eigenvalue weighted by atomic mass is 10.0. The highest BCUT2D eigenvalue weighted by atomic mass is 16.5. The van der Waals surface area contributed by atoms with Crippen LogP contribution in [0.4, 0.5) is 11.9 Å². The maximum Gasteiger partial charge on any atom is 0.323 e. The molecule has 2 heterocycles. The van der Waals surface area contributed by atoms with Crippen LogP contribution in [0.25, 0.3) is 0 Å². The lowest BCUT2D eigenvalue weighted by molar-refractivity contribution is 0.0594. The smallest absolute Gasteiger partial charge is 0.323 e. The second-order valence-electron chi connectivity index (χ2n) is 5.15. The molecule has 0 aromatic carbocycles. The van der Waals surface area contributed by atoms with Gasteiger partial charge in [-0.2, -0.15) is 15.0 Å². The van der Waals surface area contributed by atoms with Gasteiger partial charge in [-0.15, -0.1) is 0 Å².